The minimum Gasteiger partial charge on any atom is -0.497 e. The highest BCUT2D eigenvalue weighted by molar-refractivity contribution is 5.97. The average Bonchev–Trinajstić information content (AvgIpc) is 2.73. The molecule has 1 aromatic heterocycles. The van der Waals surface area contributed by atoms with Crippen LogP contribution in [0.25, 0.3) is 10.9 Å². The van der Waals surface area contributed by atoms with Crippen LogP contribution < -0.4 is 9.64 Å². The monoisotopic (exact) mass is 347 g/mol. The van der Waals surface area contributed by atoms with E-state index in [2.05, 4.69) is 22.0 Å². The van der Waals surface area contributed by atoms with Crippen molar-refractivity contribution in [3.05, 3.63) is 66.4 Å². The minimum absolute atomic E-state index is 0.0534. The summed E-state index contributed by atoms with van der Waals surface area (Å²) < 4.78 is 5.21. The van der Waals surface area contributed by atoms with E-state index in [4.69, 9.17) is 4.74 Å². The van der Waals surface area contributed by atoms with Gasteiger partial charge in [0.2, 0.25) is 0 Å². The Hall–Kier alpha value is -3.08. The van der Waals surface area contributed by atoms with E-state index in [1.165, 1.54) is 0 Å². The summed E-state index contributed by atoms with van der Waals surface area (Å²) in [6, 6.07) is 17.8. The number of anilines is 1. The van der Waals surface area contributed by atoms with E-state index in [9.17, 15) is 4.79 Å². The standard InChI is InChI=1S/C21H21N3O2/c1-26-19-8-6-18(7-9-19)23-10-12-24(13-11-23)21(25)17-14-16-4-2-3-5-20(16)22-15-17/h2-9,14-15H,10-13H2,1H3. The van der Waals surface area contributed by atoms with Gasteiger partial charge in [-0.05, 0) is 36.4 Å². The van der Waals surface area contributed by atoms with Crippen LogP contribution in [0.15, 0.2) is 60.8 Å². The smallest absolute Gasteiger partial charge is 0.255 e. The number of piperazine rings is 1. The molecule has 2 aromatic carbocycles. The fraction of sp³-hybridized carbons (Fsp3) is 0.238. The summed E-state index contributed by atoms with van der Waals surface area (Å²) in [4.78, 5) is 21.4. The van der Waals surface area contributed by atoms with E-state index >= 15 is 0 Å². The van der Waals surface area contributed by atoms with Crippen LogP contribution in [0.1, 0.15) is 10.4 Å². The van der Waals surface area contributed by atoms with E-state index in [1.54, 1.807) is 13.3 Å². The van der Waals surface area contributed by atoms with Crippen LogP contribution in [-0.4, -0.2) is 49.1 Å². The highest BCUT2D eigenvalue weighted by Crippen LogP contribution is 2.21. The molecule has 0 atom stereocenters. The molecule has 0 bridgehead atoms. The molecule has 1 amide bonds. The molecule has 5 nitrogen and oxygen atoms in total. The van der Waals surface area contributed by atoms with Gasteiger partial charge >= 0.3 is 0 Å². The summed E-state index contributed by atoms with van der Waals surface area (Å²) in [6.07, 6.45) is 1.68. The molecule has 132 valence electrons. The Balaban J connectivity index is 1.43. The van der Waals surface area contributed by atoms with Crippen molar-refractivity contribution in [1.82, 2.24) is 9.88 Å². The zero-order chi connectivity index (χ0) is 17.9. The third-order valence-corrected chi connectivity index (χ3v) is 4.84. The summed E-state index contributed by atoms with van der Waals surface area (Å²) >= 11 is 0. The van der Waals surface area contributed by atoms with Crippen molar-refractivity contribution in [1.29, 1.82) is 0 Å². The molecule has 0 unspecified atom stereocenters. The maximum atomic E-state index is 12.8. The van der Waals surface area contributed by atoms with E-state index in [1.807, 2.05) is 47.4 Å². The van der Waals surface area contributed by atoms with Gasteiger partial charge in [0.25, 0.3) is 5.91 Å². The summed E-state index contributed by atoms with van der Waals surface area (Å²) in [7, 11) is 1.67. The van der Waals surface area contributed by atoms with E-state index in [0.717, 1.165) is 35.4 Å². The second-order valence-electron chi connectivity index (χ2n) is 6.39. The van der Waals surface area contributed by atoms with Gasteiger partial charge in [-0.1, -0.05) is 18.2 Å². The molecule has 1 aliphatic rings. The summed E-state index contributed by atoms with van der Waals surface area (Å²) in [5, 5.41) is 0.996. The fourth-order valence-electron chi connectivity index (χ4n) is 3.33. The van der Waals surface area contributed by atoms with Crippen LogP contribution in [-0.2, 0) is 0 Å². The minimum atomic E-state index is 0.0534. The molecular weight excluding hydrogens is 326 g/mol. The van der Waals surface area contributed by atoms with Crippen molar-refractivity contribution in [2.24, 2.45) is 0 Å². The van der Waals surface area contributed by atoms with Crippen LogP contribution in [0, 0.1) is 0 Å². The molecule has 1 aliphatic heterocycles. The van der Waals surface area contributed by atoms with Crippen molar-refractivity contribution in [2.45, 2.75) is 0 Å². The molecule has 0 aliphatic carbocycles. The maximum Gasteiger partial charge on any atom is 0.255 e. The molecule has 0 radical (unpaired) electrons. The number of methoxy groups -OCH3 is 1. The number of ether oxygens (including phenoxy) is 1. The Morgan fingerprint density at radius 1 is 1.00 bits per heavy atom. The number of amides is 1. The van der Waals surface area contributed by atoms with Gasteiger partial charge in [-0.2, -0.15) is 0 Å². The molecule has 0 saturated carbocycles. The topological polar surface area (TPSA) is 45.7 Å². The number of rotatable bonds is 3. The zero-order valence-electron chi connectivity index (χ0n) is 14.8. The van der Waals surface area contributed by atoms with E-state index < -0.39 is 0 Å². The van der Waals surface area contributed by atoms with Crippen LogP contribution in [0.3, 0.4) is 0 Å². The van der Waals surface area contributed by atoms with Crippen LogP contribution in [0.2, 0.25) is 0 Å². The molecule has 26 heavy (non-hydrogen) atoms. The number of carbonyl (C=O) groups is 1. The maximum absolute atomic E-state index is 12.8. The number of nitrogens with zero attached hydrogens (tertiary/aromatic N) is 3. The highest BCUT2D eigenvalue weighted by Gasteiger charge is 2.22. The number of hydrogen-bond acceptors (Lipinski definition) is 4. The van der Waals surface area contributed by atoms with Gasteiger partial charge in [0.15, 0.2) is 0 Å². The molecule has 1 saturated heterocycles. The Morgan fingerprint density at radius 2 is 1.73 bits per heavy atom. The molecule has 3 aromatic rings. The van der Waals surface area contributed by atoms with Crippen molar-refractivity contribution < 1.29 is 9.53 Å². The molecule has 4 rings (SSSR count). The Labute approximate surface area is 152 Å². The second-order valence-corrected chi connectivity index (χ2v) is 6.39. The van der Waals surface area contributed by atoms with Gasteiger partial charge in [-0.25, -0.2) is 0 Å². The first-order chi connectivity index (χ1) is 12.7. The second kappa shape index (κ2) is 7.04. The largest absolute Gasteiger partial charge is 0.497 e. The average molecular weight is 347 g/mol. The predicted octanol–water partition coefficient (Wildman–Crippen LogP) is 3.21. The van der Waals surface area contributed by atoms with Crippen LogP contribution in [0.5, 0.6) is 5.75 Å². The molecule has 0 N–H and O–H groups in total. The van der Waals surface area contributed by atoms with Gasteiger partial charge in [-0.3, -0.25) is 9.78 Å². The first kappa shape index (κ1) is 16.4. The molecular formula is C21H21N3O2. The SMILES string of the molecule is COc1ccc(N2CCN(C(=O)c3cnc4ccccc4c3)CC2)cc1. The van der Waals surface area contributed by atoms with Crippen LogP contribution >= 0.6 is 0 Å². The predicted molar refractivity (Wildman–Crippen MR) is 103 cm³/mol. The first-order valence-electron chi connectivity index (χ1n) is 8.78. The van der Waals surface area contributed by atoms with Crippen molar-refractivity contribution >= 4 is 22.5 Å². The lowest BCUT2D eigenvalue weighted by atomic mass is 10.1. The van der Waals surface area contributed by atoms with E-state index in [-0.39, 0.29) is 5.91 Å². The van der Waals surface area contributed by atoms with Gasteiger partial charge < -0.3 is 14.5 Å². The van der Waals surface area contributed by atoms with Gasteiger partial charge in [-0.15, -0.1) is 0 Å². The number of benzene rings is 2. The number of fused-ring (bicyclic) bond motifs is 1. The Morgan fingerprint density at radius 3 is 2.46 bits per heavy atom. The molecule has 2 heterocycles. The zero-order valence-corrected chi connectivity index (χ0v) is 14.8. The lowest BCUT2D eigenvalue weighted by molar-refractivity contribution is 0.0746. The fourth-order valence-corrected chi connectivity index (χ4v) is 3.33. The molecule has 0 spiro atoms. The number of carbonyl (C=O) groups excluding carboxylic acids is 1. The van der Waals surface area contributed by atoms with Gasteiger partial charge in [0.1, 0.15) is 5.75 Å². The van der Waals surface area contributed by atoms with Crippen molar-refractivity contribution in [2.75, 3.05) is 38.2 Å². The third kappa shape index (κ3) is 3.20. The van der Waals surface area contributed by atoms with E-state index in [0.29, 0.717) is 18.7 Å². The number of aromatic nitrogens is 1. The number of para-hydroxylation sites is 1. The quantitative estimate of drug-likeness (QED) is 0.730. The first-order valence-corrected chi connectivity index (χ1v) is 8.78. The van der Waals surface area contributed by atoms with Crippen molar-refractivity contribution in [3.8, 4) is 5.75 Å². The van der Waals surface area contributed by atoms with Gasteiger partial charge in [0, 0.05) is 43.4 Å². The Kier molecular flexibility index (Phi) is 4.44. The Bertz CT molecular complexity index is 916. The summed E-state index contributed by atoms with van der Waals surface area (Å²) in [5.74, 6) is 0.906. The molecule has 5 heteroatoms. The lowest BCUT2D eigenvalue weighted by Crippen LogP contribution is -2.48. The summed E-state index contributed by atoms with van der Waals surface area (Å²) in [6.45, 7) is 3.05. The lowest BCUT2D eigenvalue weighted by Gasteiger charge is -2.36. The summed E-state index contributed by atoms with van der Waals surface area (Å²) in [5.41, 5.74) is 2.72. The van der Waals surface area contributed by atoms with Gasteiger partial charge in [0.05, 0.1) is 18.2 Å². The van der Waals surface area contributed by atoms with Crippen LogP contribution in [0.4, 0.5) is 5.69 Å². The number of hydrogen-bond donors (Lipinski definition) is 0. The third-order valence-electron chi connectivity index (χ3n) is 4.84. The van der Waals surface area contributed by atoms with Crippen molar-refractivity contribution in [3.63, 3.8) is 0 Å². The normalized spacial score (nSPS) is 14.5. The highest BCUT2D eigenvalue weighted by atomic mass is 16.5. The number of pyridine rings is 1. The molecule has 1 fully saturated rings.